The number of amides is 1. The van der Waals surface area contributed by atoms with Crippen molar-refractivity contribution in [2.75, 3.05) is 11.2 Å². The maximum atomic E-state index is 13.2. The van der Waals surface area contributed by atoms with Gasteiger partial charge in [-0.3, -0.25) is 14.9 Å². The average Bonchev–Trinajstić information content (AvgIpc) is 3.70. The maximum absolute atomic E-state index is 13.2. The lowest BCUT2D eigenvalue weighted by atomic mass is 10.0. The van der Waals surface area contributed by atoms with Crippen molar-refractivity contribution < 1.29 is 23.1 Å². The lowest BCUT2D eigenvalue weighted by Crippen LogP contribution is -2.41. The van der Waals surface area contributed by atoms with Crippen LogP contribution in [0, 0.1) is 5.92 Å². The third-order valence-corrected chi connectivity index (χ3v) is 10.6. The summed E-state index contributed by atoms with van der Waals surface area (Å²) in [5.74, 6) is -1.25. The quantitative estimate of drug-likeness (QED) is 0.152. The van der Waals surface area contributed by atoms with Gasteiger partial charge in [-0.05, 0) is 60.4 Å². The van der Waals surface area contributed by atoms with E-state index < -0.39 is 27.7 Å². The zero-order valence-electron chi connectivity index (χ0n) is 24.7. The number of carboxylic acids is 1. The smallest absolute Gasteiger partial charge is 0.321 e. The largest absolute Gasteiger partial charge is 0.480 e. The number of hydrogen-bond donors (Lipinski definition) is 3. The van der Waals surface area contributed by atoms with Crippen LogP contribution >= 0.6 is 11.3 Å². The number of anilines is 1. The van der Waals surface area contributed by atoms with Crippen molar-refractivity contribution in [3.05, 3.63) is 90.0 Å². The van der Waals surface area contributed by atoms with E-state index in [-0.39, 0.29) is 17.2 Å². The van der Waals surface area contributed by atoms with Crippen molar-refractivity contribution in [3.8, 4) is 21.7 Å². The minimum atomic E-state index is -3.82. The molecule has 1 aliphatic carbocycles. The van der Waals surface area contributed by atoms with Gasteiger partial charge in [-0.2, -0.15) is 0 Å². The van der Waals surface area contributed by atoms with Gasteiger partial charge in [-0.25, -0.2) is 13.4 Å². The fraction of sp³-hybridized carbons (Fsp3) is 0.324. The number of hydrogen-bond acceptors (Lipinski definition) is 7. The van der Waals surface area contributed by atoms with Gasteiger partial charge in [0.1, 0.15) is 11.9 Å². The van der Waals surface area contributed by atoms with Crippen LogP contribution in [0.15, 0.2) is 83.8 Å². The molecule has 4 aromatic rings. The van der Waals surface area contributed by atoms with Crippen LogP contribution in [0.5, 0.6) is 0 Å². The number of carboxylic acid groups (broad SMARTS) is 1. The Morgan fingerprint density at radius 3 is 2.23 bits per heavy atom. The van der Waals surface area contributed by atoms with Crippen molar-refractivity contribution in [1.29, 1.82) is 0 Å². The summed E-state index contributed by atoms with van der Waals surface area (Å²) in [4.78, 5) is 30.4. The summed E-state index contributed by atoms with van der Waals surface area (Å²) < 4.78 is 26.3. The van der Waals surface area contributed by atoms with Gasteiger partial charge in [0, 0.05) is 12.0 Å². The summed E-state index contributed by atoms with van der Waals surface area (Å²) in [6.07, 6.45) is 6.09. The first-order valence-corrected chi connectivity index (χ1v) is 17.4. The van der Waals surface area contributed by atoms with E-state index in [4.69, 9.17) is 4.98 Å². The number of aliphatic carboxylic acids is 1. The highest BCUT2D eigenvalue weighted by Crippen LogP contribution is 2.40. The van der Waals surface area contributed by atoms with E-state index in [9.17, 15) is 23.1 Å². The molecule has 44 heavy (non-hydrogen) atoms. The van der Waals surface area contributed by atoms with Crippen LogP contribution in [0.25, 0.3) is 21.7 Å². The Morgan fingerprint density at radius 1 is 0.932 bits per heavy atom. The van der Waals surface area contributed by atoms with Gasteiger partial charge in [0.05, 0.1) is 15.5 Å². The Morgan fingerprint density at radius 2 is 1.59 bits per heavy atom. The summed E-state index contributed by atoms with van der Waals surface area (Å²) in [5.41, 5.74) is 4.34. The molecule has 10 heteroatoms. The molecule has 3 aromatic carbocycles. The van der Waals surface area contributed by atoms with Gasteiger partial charge < -0.3 is 10.4 Å². The predicted octanol–water partition coefficient (Wildman–Crippen LogP) is 6.58. The van der Waals surface area contributed by atoms with Crippen LogP contribution in [0.1, 0.15) is 50.2 Å². The summed E-state index contributed by atoms with van der Waals surface area (Å²) in [6, 6.07) is 22.7. The van der Waals surface area contributed by atoms with Crippen LogP contribution in [0.3, 0.4) is 0 Å². The first-order chi connectivity index (χ1) is 21.2. The zero-order valence-corrected chi connectivity index (χ0v) is 26.3. The highest BCUT2D eigenvalue weighted by Gasteiger charge is 2.24. The molecule has 0 bridgehead atoms. The standard InChI is InChI=1S/C34H37N3O5S2/c1-2-23-12-14-27(15-13-23)32-31(37-34(43-32)36-30(38)21-25-10-6-7-11-25)26-16-18-28(19-17-26)44(41,42)22-35-29(33(39)40)20-24-8-4-3-5-9-24/h3-5,8-9,12-19,25,29,35H,2,6-7,10-11,20-22H2,1H3,(H,39,40)(H,36,37,38). The maximum Gasteiger partial charge on any atom is 0.321 e. The van der Waals surface area contributed by atoms with Gasteiger partial charge in [0.15, 0.2) is 15.0 Å². The Labute approximate surface area is 262 Å². The first-order valence-electron chi connectivity index (χ1n) is 14.9. The fourth-order valence-electron chi connectivity index (χ4n) is 5.51. The second-order valence-electron chi connectivity index (χ2n) is 11.2. The Kier molecular flexibility index (Phi) is 10.2. The van der Waals surface area contributed by atoms with Crippen molar-refractivity contribution in [2.24, 2.45) is 5.92 Å². The van der Waals surface area contributed by atoms with E-state index in [0.717, 1.165) is 35.3 Å². The van der Waals surface area contributed by atoms with E-state index in [2.05, 4.69) is 29.7 Å². The predicted molar refractivity (Wildman–Crippen MR) is 174 cm³/mol. The van der Waals surface area contributed by atoms with Gasteiger partial charge in [-0.15, -0.1) is 0 Å². The SMILES string of the molecule is CCc1ccc(-c2sc(NC(=O)CC3CCCC3)nc2-c2ccc(S(=O)(=O)CNC(Cc3ccccc3)C(=O)O)cc2)cc1. The number of nitrogens with one attached hydrogen (secondary N) is 2. The molecule has 1 fully saturated rings. The molecule has 1 atom stereocenters. The number of nitrogens with zero attached hydrogens (tertiary/aromatic N) is 1. The number of carbonyl (C=O) groups excluding carboxylic acids is 1. The number of thiazole rings is 1. The normalized spacial score (nSPS) is 14.4. The number of sulfone groups is 1. The molecule has 8 nitrogen and oxygen atoms in total. The molecule has 0 saturated heterocycles. The van der Waals surface area contributed by atoms with E-state index in [1.807, 2.05) is 42.5 Å². The molecule has 1 amide bonds. The highest BCUT2D eigenvalue weighted by molar-refractivity contribution is 7.91. The molecule has 0 aliphatic heterocycles. The van der Waals surface area contributed by atoms with Crippen molar-refractivity contribution >= 4 is 38.2 Å². The van der Waals surface area contributed by atoms with E-state index in [0.29, 0.717) is 28.7 Å². The first kappa shape index (κ1) is 31.6. The van der Waals surface area contributed by atoms with Gasteiger partial charge in [0.25, 0.3) is 0 Å². The fourth-order valence-corrected chi connectivity index (χ4v) is 7.66. The number of benzene rings is 3. The average molecular weight is 632 g/mol. The summed E-state index contributed by atoms with van der Waals surface area (Å²) in [6.45, 7) is 2.10. The van der Waals surface area contributed by atoms with Gasteiger partial charge >= 0.3 is 5.97 Å². The molecule has 0 radical (unpaired) electrons. The van der Waals surface area contributed by atoms with Crippen LogP contribution in [-0.2, 0) is 32.3 Å². The molecule has 1 heterocycles. The van der Waals surface area contributed by atoms with Gasteiger partial charge in [-0.1, -0.05) is 97.8 Å². The Hall–Kier alpha value is -3.86. The van der Waals surface area contributed by atoms with Crippen molar-refractivity contribution in [2.45, 2.75) is 62.8 Å². The molecule has 0 spiro atoms. The molecular weight excluding hydrogens is 595 g/mol. The number of aromatic nitrogens is 1. The molecule has 1 saturated carbocycles. The number of aryl methyl sites for hydroxylation is 1. The lowest BCUT2D eigenvalue weighted by molar-refractivity contribution is -0.139. The van der Waals surface area contributed by atoms with E-state index >= 15 is 0 Å². The molecular formula is C34H37N3O5S2. The van der Waals surface area contributed by atoms with Gasteiger partial charge in [0.2, 0.25) is 5.91 Å². The van der Waals surface area contributed by atoms with Crippen LogP contribution in [0.4, 0.5) is 5.13 Å². The number of rotatable bonds is 13. The van der Waals surface area contributed by atoms with Crippen molar-refractivity contribution in [3.63, 3.8) is 0 Å². The second kappa shape index (κ2) is 14.3. The number of carbonyl (C=O) groups is 2. The minimum absolute atomic E-state index is 0.0362. The van der Waals surface area contributed by atoms with E-state index in [1.54, 1.807) is 12.1 Å². The molecule has 5 rings (SSSR count). The molecule has 1 aliphatic rings. The topological polar surface area (TPSA) is 125 Å². The summed E-state index contributed by atoms with van der Waals surface area (Å²) in [7, 11) is -3.82. The third kappa shape index (κ3) is 7.99. The highest BCUT2D eigenvalue weighted by atomic mass is 32.2. The minimum Gasteiger partial charge on any atom is -0.480 e. The molecule has 3 N–H and O–H groups in total. The Balaban J connectivity index is 1.35. The molecule has 230 valence electrons. The third-order valence-electron chi connectivity index (χ3n) is 8.03. The van der Waals surface area contributed by atoms with Crippen LogP contribution < -0.4 is 10.6 Å². The summed E-state index contributed by atoms with van der Waals surface area (Å²) in [5, 5.41) is 15.9. The Bertz CT molecular complexity index is 1680. The summed E-state index contributed by atoms with van der Waals surface area (Å²) >= 11 is 1.40. The lowest BCUT2D eigenvalue weighted by Gasteiger charge is -2.15. The zero-order chi connectivity index (χ0) is 31.1. The van der Waals surface area contributed by atoms with E-state index in [1.165, 1.54) is 41.9 Å². The van der Waals surface area contributed by atoms with Crippen LogP contribution in [0.2, 0.25) is 0 Å². The second-order valence-corrected chi connectivity index (χ2v) is 14.2. The monoisotopic (exact) mass is 631 g/mol. The molecule has 1 aromatic heterocycles. The van der Waals surface area contributed by atoms with Crippen LogP contribution in [-0.4, -0.2) is 42.3 Å². The van der Waals surface area contributed by atoms with Crippen molar-refractivity contribution in [1.82, 2.24) is 10.3 Å². The molecule has 1 unspecified atom stereocenters.